The number of piperidine rings is 1. The number of benzene rings is 1. The lowest BCUT2D eigenvalue weighted by molar-refractivity contribution is 0.0427. The number of carbonyl (C=O) groups is 1. The van der Waals surface area contributed by atoms with Crippen LogP contribution in [0.1, 0.15) is 38.3 Å². The first-order chi connectivity index (χ1) is 10.6. The average molecular weight is 308 g/mol. The SMILES string of the molecule is CCN(C(=O)N1CCC(OC)CC1)[C@@H](C)c1ccc(F)cc1. The van der Waals surface area contributed by atoms with Gasteiger partial charge in [0.25, 0.3) is 0 Å². The predicted molar refractivity (Wildman–Crippen MR) is 84.2 cm³/mol. The molecule has 0 aromatic heterocycles. The summed E-state index contributed by atoms with van der Waals surface area (Å²) < 4.78 is 18.4. The van der Waals surface area contributed by atoms with E-state index in [4.69, 9.17) is 4.74 Å². The zero-order valence-electron chi connectivity index (χ0n) is 13.6. The van der Waals surface area contributed by atoms with Gasteiger partial charge in [0.2, 0.25) is 0 Å². The normalized spacial score (nSPS) is 17.4. The average Bonchev–Trinajstić information content (AvgIpc) is 2.56. The smallest absolute Gasteiger partial charge is 0.320 e. The molecular formula is C17H25FN2O2. The van der Waals surface area contributed by atoms with Gasteiger partial charge in [0.1, 0.15) is 5.82 Å². The summed E-state index contributed by atoms with van der Waals surface area (Å²) in [5.41, 5.74) is 0.948. The molecule has 0 aliphatic carbocycles. The molecular weight excluding hydrogens is 283 g/mol. The van der Waals surface area contributed by atoms with Gasteiger partial charge in [-0.05, 0) is 44.4 Å². The van der Waals surface area contributed by atoms with Crippen LogP contribution in [-0.4, -0.2) is 48.7 Å². The van der Waals surface area contributed by atoms with Crippen LogP contribution in [0, 0.1) is 5.82 Å². The standard InChI is InChI=1S/C17H25FN2O2/c1-4-20(13(2)14-5-7-15(18)8-6-14)17(21)19-11-9-16(22-3)10-12-19/h5-8,13,16H,4,9-12H2,1-3H3/t13-/m0/s1. The van der Waals surface area contributed by atoms with Gasteiger partial charge < -0.3 is 14.5 Å². The van der Waals surface area contributed by atoms with Gasteiger partial charge in [-0.3, -0.25) is 0 Å². The van der Waals surface area contributed by atoms with Gasteiger partial charge in [-0.2, -0.15) is 0 Å². The molecule has 1 saturated heterocycles. The molecule has 2 rings (SSSR count). The summed E-state index contributed by atoms with van der Waals surface area (Å²) in [6.45, 7) is 6.03. The number of carbonyl (C=O) groups excluding carboxylic acids is 1. The third-order valence-corrected chi connectivity index (χ3v) is 4.45. The summed E-state index contributed by atoms with van der Waals surface area (Å²) in [4.78, 5) is 16.5. The molecule has 1 aliphatic rings. The Bertz CT molecular complexity index is 484. The van der Waals surface area contributed by atoms with Crippen molar-refractivity contribution in [3.05, 3.63) is 35.6 Å². The minimum atomic E-state index is -0.257. The van der Waals surface area contributed by atoms with Crippen molar-refractivity contribution in [1.29, 1.82) is 0 Å². The number of urea groups is 1. The second-order valence-corrected chi connectivity index (χ2v) is 5.72. The molecule has 1 aliphatic heterocycles. The quantitative estimate of drug-likeness (QED) is 0.853. The summed E-state index contributed by atoms with van der Waals surface area (Å²) in [6, 6.07) is 6.34. The van der Waals surface area contributed by atoms with Crippen molar-refractivity contribution < 1.29 is 13.9 Å². The van der Waals surface area contributed by atoms with Gasteiger partial charge in [-0.1, -0.05) is 12.1 Å². The number of methoxy groups -OCH3 is 1. The van der Waals surface area contributed by atoms with Gasteiger partial charge in [-0.15, -0.1) is 0 Å². The third-order valence-electron chi connectivity index (χ3n) is 4.45. The zero-order chi connectivity index (χ0) is 16.1. The van der Waals surface area contributed by atoms with Crippen LogP contribution in [0.15, 0.2) is 24.3 Å². The first kappa shape index (κ1) is 16.7. The molecule has 0 bridgehead atoms. The highest BCUT2D eigenvalue weighted by Crippen LogP contribution is 2.23. The van der Waals surface area contributed by atoms with E-state index >= 15 is 0 Å². The minimum absolute atomic E-state index is 0.0499. The number of halogens is 1. The second kappa shape index (κ2) is 7.58. The molecule has 4 nitrogen and oxygen atoms in total. The van der Waals surface area contributed by atoms with E-state index in [1.54, 1.807) is 19.2 Å². The monoisotopic (exact) mass is 308 g/mol. The van der Waals surface area contributed by atoms with Crippen molar-refractivity contribution in [3.63, 3.8) is 0 Å². The lowest BCUT2D eigenvalue weighted by Gasteiger charge is -2.37. The first-order valence-corrected chi connectivity index (χ1v) is 7.90. The van der Waals surface area contributed by atoms with Gasteiger partial charge in [-0.25, -0.2) is 9.18 Å². The van der Waals surface area contributed by atoms with Crippen LogP contribution in [0.3, 0.4) is 0 Å². The van der Waals surface area contributed by atoms with Gasteiger partial charge in [0, 0.05) is 26.7 Å². The van der Waals surface area contributed by atoms with E-state index in [1.807, 2.05) is 23.6 Å². The molecule has 1 atom stereocenters. The van der Waals surface area contributed by atoms with Crippen LogP contribution in [0.2, 0.25) is 0 Å². The molecule has 122 valence electrons. The Morgan fingerprint density at radius 2 is 1.95 bits per heavy atom. The Kier molecular flexibility index (Phi) is 5.77. The first-order valence-electron chi connectivity index (χ1n) is 7.90. The summed E-state index contributed by atoms with van der Waals surface area (Å²) in [6.07, 6.45) is 2.02. The fourth-order valence-electron chi connectivity index (χ4n) is 2.96. The lowest BCUT2D eigenvalue weighted by Crippen LogP contribution is -2.48. The van der Waals surface area contributed by atoms with Gasteiger partial charge in [0.05, 0.1) is 12.1 Å². The number of likely N-dealkylation sites (tertiary alicyclic amines) is 1. The lowest BCUT2D eigenvalue weighted by atomic mass is 10.1. The van der Waals surface area contributed by atoms with E-state index in [2.05, 4.69) is 0 Å². The highest BCUT2D eigenvalue weighted by molar-refractivity contribution is 5.75. The number of hydrogen-bond donors (Lipinski definition) is 0. The molecule has 1 aromatic rings. The molecule has 1 heterocycles. The summed E-state index contributed by atoms with van der Waals surface area (Å²) in [5.74, 6) is -0.257. The Hall–Kier alpha value is -1.62. The van der Waals surface area contributed by atoms with Crippen molar-refractivity contribution >= 4 is 6.03 Å². The Labute approximate surface area is 131 Å². The fraction of sp³-hybridized carbons (Fsp3) is 0.588. The molecule has 2 amide bonds. The Morgan fingerprint density at radius 1 is 1.36 bits per heavy atom. The molecule has 0 radical (unpaired) electrons. The van der Waals surface area contributed by atoms with E-state index in [9.17, 15) is 9.18 Å². The predicted octanol–water partition coefficient (Wildman–Crippen LogP) is 3.44. The van der Waals surface area contributed by atoms with Crippen LogP contribution in [0.4, 0.5) is 9.18 Å². The second-order valence-electron chi connectivity index (χ2n) is 5.72. The van der Waals surface area contributed by atoms with E-state index in [0.29, 0.717) is 6.54 Å². The largest absolute Gasteiger partial charge is 0.381 e. The van der Waals surface area contributed by atoms with Crippen LogP contribution in [0.5, 0.6) is 0 Å². The molecule has 0 N–H and O–H groups in total. The van der Waals surface area contributed by atoms with Crippen LogP contribution < -0.4 is 0 Å². The molecule has 0 saturated carbocycles. The third kappa shape index (κ3) is 3.77. The highest BCUT2D eigenvalue weighted by Gasteiger charge is 2.28. The number of ether oxygens (including phenoxy) is 1. The van der Waals surface area contributed by atoms with Gasteiger partial charge >= 0.3 is 6.03 Å². The number of nitrogens with zero attached hydrogens (tertiary/aromatic N) is 2. The van der Waals surface area contributed by atoms with E-state index < -0.39 is 0 Å². The fourth-order valence-corrected chi connectivity index (χ4v) is 2.96. The van der Waals surface area contributed by atoms with Crippen molar-refractivity contribution in [2.75, 3.05) is 26.7 Å². The summed E-state index contributed by atoms with van der Waals surface area (Å²) in [7, 11) is 1.72. The molecule has 0 unspecified atom stereocenters. The van der Waals surface area contributed by atoms with Crippen LogP contribution in [-0.2, 0) is 4.74 Å². The Morgan fingerprint density at radius 3 is 2.45 bits per heavy atom. The topological polar surface area (TPSA) is 32.8 Å². The van der Waals surface area contributed by atoms with Gasteiger partial charge in [0.15, 0.2) is 0 Å². The molecule has 1 fully saturated rings. The van der Waals surface area contributed by atoms with Crippen molar-refractivity contribution in [2.45, 2.75) is 38.8 Å². The minimum Gasteiger partial charge on any atom is -0.381 e. The maximum Gasteiger partial charge on any atom is 0.320 e. The maximum atomic E-state index is 13.1. The van der Waals surface area contributed by atoms with Crippen molar-refractivity contribution in [2.24, 2.45) is 0 Å². The number of amides is 2. The molecule has 5 heteroatoms. The van der Waals surface area contributed by atoms with E-state index in [1.165, 1.54) is 12.1 Å². The maximum absolute atomic E-state index is 13.1. The number of rotatable bonds is 4. The van der Waals surface area contributed by atoms with Crippen LogP contribution >= 0.6 is 0 Å². The summed E-state index contributed by atoms with van der Waals surface area (Å²) in [5, 5.41) is 0. The van der Waals surface area contributed by atoms with E-state index in [0.717, 1.165) is 31.5 Å². The Balaban J connectivity index is 2.04. The highest BCUT2D eigenvalue weighted by atomic mass is 19.1. The van der Waals surface area contributed by atoms with Crippen molar-refractivity contribution in [1.82, 2.24) is 9.80 Å². The summed E-state index contributed by atoms with van der Waals surface area (Å²) >= 11 is 0. The number of hydrogen-bond acceptors (Lipinski definition) is 2. The van der Waals surface area contributed by atoms with E-state index in [-0.39, 0.29) is 24.0 Å². The molecule has 1 aromatic carbocycles. The molecule has 22 heavy (non-hydrogen) atoms. The zero-order valence-corrected chi connectivity index (χ0v) is 13.6. The molecule has 0 spiro atoms. The van der Waals surface area contributed by atoms with Crippen LogP contribution in [0.25, 0.3) is 0 Å². The van der Waals surface area contributed by atoms with Crippen molar-refractivity contribution in [3.8, 4) is 0 Å².